The Morgan fingerprint density at radius 3 is 2.29 bits per heavy atom. The third-order valence-electron chi connectivity index (χ3n) is 3.58. The van der Waals surface area contributed by atoms with Crippen LogP contribution < -0.4 is 19.5 Å². The van der Waals surface area contributed by atoms with Gasteiger partial charge in [0.2, 0.25) is 6.79 Å². The molecule has 0 aliphatic carbocycles. The Morgan fingerprint density at radius 2 is 1.64 bits per heavy atom. The molecule has 0 saturated carbocycles. The number of nitrogens with one attached hydrogen (secondary N) is 1. The number of anilines is 1. The molecule has 1 heterocycles. The lowest BCUT2D eigenvalue weighted by atomic mass is 10.2. The SMILES string of the molecule is O=C(Nc1ccc2c(c1)OCO2)c1ccc(OC(F)(F)[C@@H](F)C(F)(F)F)cc1. The van der Waals surface area contributed by atoms with Crippen LogP contribution in [0.2, 0.25) is 0 Å². The topological polar surface area (TPSA) is 56.8 Å². The zero-order chi connectivity index (χ0) is 20.5. The van der Waals surface area contributed by atoms with Crippen molar-refractivity contribution in [2.45, 2.75) is 18.5 Å². The fourth-order valence-corrected chi connectivity index (χ4v) is 2.25. The fourth-order valence-electron chi connectivity index (χ4n) is 2.25. The molecule has 3 rings (SSSR count). The second kappa shape index (κ2) is 7.13. The zero-order valence-electron chi connectivity index (χ0n) is 13.7. The van der Waals surface area contributed by atoms with Crippen molar-refractivity contribution in [2.24, 2.45) is 0 Å². The summed E-state index contributed by atoms with van der Waals surface area (Å²) in [5.41, 5.74) is 0.368. The largest absolute Gasteiger partial charge is 0.454 e. The van der Waals surface area contributed by atoms with E-state index >= 15 is 0 Å². The predicted octanol–water partition coefficient (Wildman–Crippen LogP) is 4.54. The molecule has 1 aliphatic rings. The Bertz CT molecular complexity index is 869. The Hall–Kier alpha value is -3.11. The summed E-state index contributed by atoms with van der Waals surface area (Å²) in [7, 11) is 0. The molecule has 0 unspecified atom stereocenters. The monoisotopic (exact) mass is 407 g/mol. The standard InChI is InChI=1S/C17H11F6NO4/c18-15(16(19,20)21)17(22,23)28-11-4-1-9(2-5-11)14(25)24-10-3-6-12-13(7-10)27-8-26-12/h1-7,15H,8H2,(H,24,25)/t15-/m0/s1. The van der Waals surface area contributed by atoms with Gasteiger partial charge in [0.15, 0.2) is 11.5 Å². The number of carbonyl (C=O) groups excluding carboxylic acids is 1. The molecular formula is C17H11F6NO4. The van der Waals surface area contributed by atoms with Gasteiger partial charge in [-0.15, -0.1) is 0 Å². The summed E-state index contributed by atoms with van der Waals surface area (Å²) in [6.45, 7) is 0.0485. The van der Waals surface area contributed by atoms with Gasteiger partial charge in [0, 0.05) is 17.3 Å². The highest BCUT2D eigenvalue weighted by molar-refractivity contribution is 6.04. The number of hydrogen-bond donors (Lipinski definition) is 1. The van der Waals surface area contributed by atoms with Gasteiger partial charge in [-0.1, -0.05) is 0 Å². The van der Waals surface area contributed by atoms with E-state index in [1.54, 1.807) is 12.1 Å². The fraction of sp³-hybridized carbons (Fsp3) is 0.235. The van der Waals surface area contributed by atoms with Gasteiger partial charge in [0.25, 0.3) is 12.1 Å². The Kier molecular flexibility index (Phi) is 5.01. The first kappa shape index (κ1) is 19.6. The number of ether oxygens (including phenoxy) is 3. The third kappa shape index (κ3) is 4.24. The number of hydrogen-bond acceptors (Lipinski definition) is 4. The minimum absolute atomic E-state index is 0.000882. The second-order valence-corrected chi connectivity index (χ2v) is 5.61. The summed E-state index contributed by atoms with van der Waals surface area (Å²) >= 11 is 0. The van der Waals surface area contributed by atoms with Gasteiger partial charge in [-0.2, -0.15) is 22.0 Å². The normalized spacial score (nSPS) is 14.5. The molecule has 150 valence electrons. The van der Waals surface area contributed by atoms with Gasteiger partial charge in [0.1, 0.15) is 5.75 Å². The molecule has 0 fully saturated rings. The first-order chi connectivity index (χ1) is 13.1. The van der Waals surface area contributed by atoms with Crippen molar-refractivity contribution in [1.82, 2.24) is 0 Å². The van der Waals surface area contributed by atoms with Crippen LogP contribution in [-0.2, 0) is 0 Å². The van der Waals surface area contributed by atoms with Crippen LogP contribution in [0, 0.1) is 0 Å². The summed E-state index contributed by atoms with van der Waals surface area (Å²) in [4.78, 5) is 12.2. The predicted molar refractivity (Wildman–Crippen MR) is 83.5 cm³/mol. The molecule has 0 spiro atoms. The maximum atomic E-state index is 13.2. The summed E-state index contributed by atoms with van der Waals surface area (Å²) in [5.74, 6) is -0.438. The van der Waals surface area contributed by atoms with E-state index in [-0.39, 0.29) is 12.4 Å². The molecule has 1 aliphatic heterocycles. The van der Waals surface area contributed by atoms with Gasteiger partial charge in [-0.25, -0.2) is 4.39 Å². The quantitative estimate of drug-likeness (QED) is 0.740. The number of amides is 1. The van der Waals surface area contributed by atoms with Crippen molar-refractivity contribution < 1.29 is 45.3 Å². The van der Waals surface area contributed by atoms with Crippen molar-refractivity contribution in [3.63, 3.8) is 0 Å². The van der Waals surface area contributed by atoms with Crippen molar-refractivity contribution in [1.29, 1.82) is 0 Å². The van der Waals surface area contributed by atoms with Gasteiger partial charge in [0.05, 0.1) is 0 Å². The molecule has 0 radical (unpaired) electrons. The molecule has 1 atom stereocenters. The molecule has 1 N–H and O–H groups in total. The number of fused-ring (bicyclic) bond motifs is 1. The molecule has 5 nitrogen and oxygen atoms in total. The molecule has 28 heavy (non-hydrogen) atoms. The van der Waals surface area contributed by atoms with Gasteiger partial charge < -0.3 is 19.5 Å². The number of rotatable bonds is 5. The Balaban J connectivity index is 1.66. The van der Waals surface area contributed by atoms with Crippen LogP contribution in [0.25, 0.3) is 0 Å². The summed E-state index contributed by atoms with van der Waals surface area (Å²) in [6, 6.07) is 8.35. The number of carbonyl (C=O) groups is 1. The zero-order valence-corrected chi connectivity index (χ0v) is 13.7. The van der Waals surface area contributed by atoms with E-state index in [4.69, 9.17) is 9.47 Å². The van der Waals surface area contributed by atoms with Crippen molar-refractivity contribution in [3.8, 4) is 17.2 Å². The maximum absolute atomic E-state index is 13.2. The van der Waals surface area contributed by atoms with Gasteiger partial charge in [-0.3, -0.25) is 4.79 Å². The van der Waals surface area contributed by atoms with E-state index in [0.717, 1.165) is 24.3 Å². The molecule has 0 aromatic heterocycles. The van der Waals surface area contributed by atoms with Crippen molar-refractivity contribution in [2.75, 3.05) is 12.1 Å². The van der Waals surface area contributed by atoms with E-state index in [1.165, 1.54) is 6.07 Å². The second-order valence-electron chi connectivity index (χ2n) is 5.61. The van der Waals surface area contributed by atoms with Crippen LogP contribution in [0.15, 0.2) is 42.5 Å². The molecule has 0 saturated heterocycles. The third-order valence-corrected chi connectivity index (χ3v) is 3.58. The van der Waals surface area contributed by atoms with Crippen LogP contribution in [0.1, 0.15) is 10.4 Å². The lowest BCUT2D eigenvalue weighted by molar-refractivity contribution is -0.304. The van der Waals surface area contributed by atoms with Crippen LogP contribution in [-0.4, -0.2) is 31.2 Å². The Labute approximate surface area is 153 Å². The highest BCUT2D eigenvalue weighted by Crippen LogP contribution is 2.37. The Morgan fingerprint density at radius 1 is 1.00 bits per heavy atom. The van der Waals surface area contributed by atoms with E-state index in [0.29, 0.717) is 17.2 Å². The summed E-state index contributed by atoms with van der Waals surface area (Å²) < 4.78 is 89.7. The molecule has 0 bridgehead atoms. The van der Waals surface area contributed by atoms with Crippen LogP contribution >= 0.6 is 0 Å². The maximum Gasteiger partial charge on any atom is 0.439 e. The van der Waals surface area contributed by atoms with E-state index in [1.807, 2.05) is 0 Å². The van der Waals surface area contributed by atoms with Crippen LogP contribution in [0.3, 0.4) is 0 Å². The van der Waals surface area contributed by atoms with Gasteiger partial charge in [-0.05, 0) is 36.4 Å². The lowest BCUT2D eigenvalue weighted by Crippen LogP contribution is -2.45. The van der Waals surface area contributed by atoms with Crippen molar-refractivity contribution in [3.05, 3.63) is 48.0 Å². The molecule has 11 heteroatoms. The number of halogens is 6. The van der Waals surface area contributed by atoms with Gasteiger partial charge >= 0.3 is 12.3 Å². The number of benzene rings is 2. The molecule has 2 aromatic rings. The summed E-state index contributed by atoms with van der Waals surface area (Å²) in [5, 5.41) is 2.52. The minimum Gasteiger partial charge on any atom is -0.454 e. The highest BCUT2D eigenvalue weighted by atomic mass is 19.4. The highest BCUT2D eigenvalue weighted by Gasteiger charge is 2.59. The molecular weight excluding hydrogens is 396 g/mol. The van der Waals surface area contributed by atoms with E-state index < -0.39 is 30.1 Å². The smallest absolute Gasteiger partial charge is 0.439 e. The first-order valence-electron chi connectivity index (χ1n) is 7.65. The first-order valence-corrected chi connectivity index (χ1v) is 7.65. The van der Waals surface area contributed by atoms with E-state index in [9.17, 15) is 31.1 Å². The lowest BCUT2D eigenvalue weighted by Gasteiger charge is -2.23. The molecule has 1 amide bonds. The average Bonchev–Trinajstić information content (AvgIpc) is 3.08. The summed E-state index contributed by atoms with van der Waals surface area (Å²) in [6.07, 6.45) is -15.4. The molecule has 2 aromatic carbocycles. The average molecular weight is 407 g/mol. The number of alkyl halides is 6. The van der Waals surface area contributed by atoms with E-state index in [2.05, 4.69) is 10.1 Å². The minimum atomic E-state index is -5.78. The van der Waals surface area contributed by atoms with Crippen LogP contribution in [0.5, 0.6) is 17.2 Å². The van der Waals surface area contributed by atoms with Crippen molar-refractivity contribution >= 4 is 11.6 Å². The van der Waals surface area contributed by atoms with Crippen LogP contribution in [0.4, 0.5) is 32.0 Å².